The lowest BCUT2D eigenvalue weighted by Gasteiger charge is -2.33. The van der Waals surface area contributed by atoms with Gasteiger partial charge < -0.3 is 4.90 Å². The molecule has 1 aliphatic heterocycles. The Bertz CT molecular complexity index is 528. The van der Waals surface area contributed by atoms with E-state index in [1.54, 1.807) is 30.3 Å². The van der Waals surface area contributed by atoms with Gasteiger partial charge in [-0.1, -0.05) is 30.3 Å². The summed E-state index contributed by atoms with van der Waals surface area (Å²) in [6.07, 6.45) is -2.16. The summed E-state index contributed by atoms with van der Waals surface area (Å²) in [5, 5.41) is 0. The summed E-state index contributed by atoms with van der Waals surface area (Å²) in [6, 6.07) is 8.10. The van der Waals surface area contributed by atoms with E-state index < -0.39 is 17.7 Å². The van der Waals surface area contributed by atoms with Crippen molar-refractivity contribution in [3.8, 4) is 0 Å². The number of ketones is 1. The minimum Gasteiger partial charge on any atom is -0.367 e. The number of carbonyl (C=O) groups excluding carboxylic acids is 1. The van der Waals surface area contributed by atoms with Gasteiger partial charge in [0.1, 0.15) is 5.70 Å². The second-order valence-electron chi connectivity index (χ2n) is 5.19. The van der Waals surface area contributed by atoms with Crippen LogP contribution in [-0.4, -0.2) is 29.9 Å². The van der Waals surface area contributed by atoms with E-state index in [2.05, 4.69) is 0 Å². The fourth-order valence-corrected chi connectivity index (χ4v) is 2.71. The largest absolute Gasteiger partial charge is 0.431 e. The molecule has 1 aromatic rings. The summed E-state index contributed by atoms with van der Waals surface area (Å²) < 4.78 is 40.6. The van der Waals surface area contributed by atoms with Crippen LogP contribution in [0.5, 0.6) is 0 Å². The highest BCUT2D eigenvalue weighted by atomic mass is 19.4. The molecule has 0 bridgehead atoms. The number of nitrogens with zero attached hydrogens (tertiary/aromatic N) is 1. The molecule has 0 aromatic heterocycles. The van der Waals surface area contributed by atoms with Crippen molar-refractivity contribution in [3.05, 3.63) is 41.6 Å². The van der Waals surface area contributed by atoms with Gasteiger partial charge in [-0.15, -0.1) is 0 Å². The molecule has 2 nitrogen and oxygen atoms in total. The summed E-state index contributed by atoms with van der Waals surface area (Å²) in [6.45, 7) is 1.88. The van der Waals surface area contributed by atoms with Gasteiger partial charge in [0, 0.05) is 13.1 Å². The van der Waals surface area contributed by atoms with Gasteiger partial charge in [0.2, 0.25) is 0 Å². The highest BCUT2D eigenvalue weighted by Crippen LogP contribution is 2.36. The molecule has 0 atom stereocenters. The van der Waals surface area contributed by atoms with Crippen LogP contribution in [0.2, 0.25) is 0 Å². The predicted molar refractivity (Wildman–Crippen MR) is 75.5 cm³/mol. The maximum atomic E-state index is 13.5. The summed E-state index contributed by atoms with van der Waals surface area (Å²) in [5.41, 5.74) is -0.700. The van der Waals surface area contributed by atoms with E-state index in [0.717, 1.165) is 19.3 Å². The molecule has 0 saturated carbocycles. The van der Waals surface area contributed by atoms with Gasteiger partial charge >= 0.3 is 6.18 Å². The van der Waals surface area contributed by atoms with E-state index in [0.29, 0.717) is 18.7 Å². The normalized spacial score (nSPS) is 17.4. The van der Waals surface area contributed by atoms with Crippen LogP contribution >= 0.6 is 0 Å². The lowest BCUT2D eigenvalue weighted by molar-refractivity contribution is -0.118. The van der Waals surface area contributed by atoms with Crippen LogP contribution in [-0.2, 0) is 4.79 Å². The highest BCUT2D eigenvalue weighted by Gasteiger charge is 2.41. The Morgan fingerprint density at radius 1 is 1.05 bits per heavy atom. The van der Waals surface area contributed by atoms with Gasteiger partial charge in [0.15, 0.2) is 5.78 Å². The lowest BCUT2D eigenvalue weighted by Crippen LogP contribution is -2.37. The number of benzene rings is 1. The molecule has 0 N–H and O–H groups in total. The van der Waals surface area contributed by atoms with Gasteiger partial charge in [0.05, 0.1) is 5.57 Å². The van der Waals surface area contributed by atoms with E-state index in [4.69, 9.17) is 0 Å². The monoisotopic (exact) mass is 297 g/mol. The van der Waals surface area contributed by atoms with Crippen molar-refractivity contribution in [2.45, 2.75) is 32.4 Å². The molecule has 5 heteroatoms. The molecule has 1 fully saturated rings. The number of likely N-dealkylation sites (tertiary alicyclic amines) is 1. The maximum absolute atomic E-state index is 13.5. The molecule has 0 aliphatic carbocycles. The predicted octanol–water partition coefficient (Wildman–Crippen LogP) is 4.03. The molecule has 1 saturated heterocycles. The lowest BCUT2D eigenvalue weighted by atomic mass is 9.98. The van der Waals surface area contributed by atoms with E-state index in [-0.39, 0.29) is 5.57 Å². The van der Waals surface area contributed by atoms with Crippen molar-refractivity contribution in [3.63, 3.8) is 0 Å². The van der Waals surface area contributed by atoms with Crippen LogP contribution in [0.25, 0.3) is 5.57 Å². The zero-order chi connectivity index (χ0) is 15.5. The van der Waals surface area contributed by atoms with Crippen molar-refractivity contribution in [1.29, 1.82) is 0 Å². The molecular formula is C16H18F3NO. The van der Waals surface area contributed by atoms with Crippen molar-refractivity contribution in [2.24, 2.45) is 0 Å². The number of carbonyl (C=O) groups is 1. The second kappa shape index (κ2) is 6.33. The number of Topliss-reactive ketones (excluding diaryl/α,β-unsaturated/α-hetero) is 1. The zero-order valence-corrected chi connectivity index (χ0v) is 11.9. The van der Waals surface area contributed by atoms with Gasteiger partial charge in [0.25, 0.3) is 0 Å². The third-order valence-corrected chi connectivity index (χ3v) is 3.59. The minimum absolute atomic E-state index is 0.231. The highest BCUT2D eigenvalue weighted by molar-refractivity contribution is 6.20. The Morgan fingerprint density at radius 2 is 1.62 bits per heavy atom. The molecule has 1 aromatic carbocycles. The Morgan fingerprint density at radius 3 is 2.10 bits per heavy atom. The first-order valence-corrected chi connectivity index (χ1v) is 7.04. The van der Waals surface area contributed by atoms with Crippen LogP contribution < -0.4 is 0 Å². The third kappa shape index (κ3) is 3.65. The Kier molecular flexibility index (Phi) is 4.70. The first-order valence-electron chi connectivity index (χ1n) is 7.04. The fraction of sp³-hybridized carbons (Fsp3) is 0.438. The topological polar surface area (TPSA) is 20.3 Å². The van der Waals surface area contributed by atoms with Crippen molar-refractivity contribution < 1.29 is 18.0 Å². The van der Waals surface area contributed by atoms with Gasteiger partial charge in [-0.25, -0.2) is 0 Å². The first-order chi connectivity index (χ1) is 9.91. The Hall–Kier alpha value is -1.78. The number of allylic oxidation sites excluding steroid dienone is 2. The van der Waals surface area contributed by atoms with Crippen LogP contribution in [0.4, 0.5) is 13.2 Å². The van der Waals surface area contributed by atoms with E-state index in [1.807, 2.05) is 0 Å². The molecular weight excluding hydrogens is 279 g/mol. The van der Waals surface area contributed by atoms with E-state index >= 15 is 0 Å². The summed E-state index contributed by atoms with van der Waals surface area (Å²) in [7, 11) is 0. The quantitative estimate of drug-likeness (QED) is 0.785. The molecule has 0 amide bonds. The number of rotatable bonds is 3. The van der Waals surface area contributed by atoms with E-state index in [9.17, 15) is 18.0 Å². The fourth-order valence-electron chi connectivity index (χ4n) is 2.71. The number of hydrogen-bond acceptors (Lipinski definition) is 2. The molecule has 1 aliphatic rings. The average molecular weight is 297 g/mol. The molecule has 21 heavy (non-hydrogen) atoms. The summed E-state index contributed by atoms with van der Waals surface area (Å²) in [5.74, 6) is -0.556. The molecule has 114 valence electrons. The van der Waals surface area contributed by atoms with Crippen LogP contribution in [0.1, 0.15) is 31.7 Å². The third-order valence-electron chi connectivity index (χ3n) is 3.59. The van der Waals surface area contributed by atoms with Crippen molar-refractivity contribution in [1.82, 2.24) is 4.90 Å². The number of halogens is 3. The minimum atomic E-state index is -4.53. The zero-order valence-electron chi connectivity index (χ0n) is 11.9. The summed E-state index contributed by atoms with van der Waals surface area (Å²) >= 11 is 0. The van der Waals surface area contributed by atoms with Crippen LogP contribution in [0.3, 0.4) is 0 Å². The number of alkyl halides is 3. The maximum Gasteiger partial charge on any atom is 0.431 e. The molecule has 0 radical (unpaired) electrons. The second-order valence-corrected chi connectivity index (χ2v) is 5.19. The molecule has 1 heterocycles. The van der Waals surface area contributed by atoms with Crippen molar-refractivity contribution in [2.75, 3.05) is 13.1 Å². The smallest absolute Gasteiger partial charge is 0.367 e. The van der Waals surface area contributed by atoms with Gasteiger partial charge in [-0.3, -0.25) is 4.79 Å². The number of piperidine rings is 1. The van der Waals surface area contributed by atoms with Crippen LogP contribution in [0, 0.1) is 0 Å². The molecule has 0 spiro atoms. The van der Waals surface area contributed by atoms with Crippen molar-refractivity contribution >= 4 is 11.4 Å². The van der Waals surface area contributed by atoms with Crippen LogP contribution in [0.15, 0.2) is 36.0 Å². The molecule has 0 unspecified atom stereocenters. The van der Waals surface area contributed by atoms with Gasteiger partial charge in [-0.05, 0) is 31.7 Å². The first kappa shape index (κ1) is 15.6. The SMILES string of the molecule is CC(=O)/C(=C(\N1CCCCC1)C(F)(F)F)c1ccccc1. The van der Waals surface area contributed by atoms with E-state index in [1.165, 1.54) is 11.8 Å². The molecule has 2 rings (SSSR count). The number of hydrogen-bond donors (Lipinski definition) is 0. The average Bonchev–Trinajstić information content (AvgIpc) is 2.44. The Labute approximate surface area is 122 Å². The van der Waals surface area contributed by atoms with Gasteiger partial charge in [-0.2, -0.15) is 13.2 Å². The Balaban J connectivity index is 2.59. The summed E-state index contributed by atoms with van der Waals surface area (Å²) in [4.78, 5) is 13.2. The standard InChI is InChI=1S/C16H18F3NO/c1-12(21)14(13-8-4-2-5-9-13)15(16(17,18)19)20-10-6-3-7-11-20/h2,4-5,8-9H,3,6-7,10-11H2,1H3/b15-14+.